The Morgan fingerprint density at radius 3 is 2.68 bits per heavy atom. The summed E-state index contributed by atoms with van der Waals surface area (Å²) in [5.74, 6) is 0.424. The molecule has 0 aliphatic rings. The summed E-state index contributed by atoms with van der Waals surface area (Å²) in [7, 11) is 3.71. The van der Waals surface area contributed by atoms with Crippen molar-refractivity contribution in [2.75, 3.05) is 24.3 Å². The van der Waals surface area contributed by atoms with Gasteiger partial charge in [0, 0.05) is 19.0 Å². The Morgan fingerprint density at radius 1 is 1.37 bits per heavy atom. The Balaban J connectivity index is 2.27. The number of rotatable bonds is 3. The molecule has 0 saturated carbocycles. The number of anilines is 2. The van der Waals surface area contributed by atoms with Gasteiger partial charge in [0.2, 0.25) is 0 Å². The highest BCUT2D eigenvalue weighted by molar-refractivity contribution is 7.11. The van der Waals surface area contributed by atoms with Crippen molar-refractivity contribution in [1.29, 1.82) is 0 Å². The average Bonchev–Trinajstić information content (AvgIpc) is 2.69. The SMILES string of the molecule is Cc1nc(C(=O)Nc2cncnc2N(C)C)c(C)s1. The predicted molar refractivity (Wildman–Crippen MR) is 75.9 cm³/mol. The van der Waals surface area contributed by atoms with Gasteiger partial charge in [0.15, 0.2) is 5.82 Å². The quantitative estimate of drug-likeness (QED) is 0.927. The summed E-state index contributed by atoms with van der Waals surface area (Å²) in [6, 6.07) is 0. The molecule has 0 spiro atoms. The summed E-state index contributed by atoms with van der Waals surface area (Å²) >= 11 is 1.50. The molecule has 1 amide bonds. The number of thiazole rings is 1. The van der Waals surface area contributed by atoms with Crippen molar-refractivity contribution in [3.05, 3.63) is 28.1 Å². The van der Waals surface area contributed by atoms with E-state index in [0.29, 0.717) is 17.2 Å². The van der Waals surface area contributed by atoms with Crippen LogP contribution in [0.4, 0.5) is 11.5 Å². The van der Waals surface area contributed by atoms with Crippen molar-refractivity contribution >= 4 is 28.7 Å². The van der Waals surface area contributed by atoms with Crippen molar-refractivity contribution in [1.82, 2.24) is 15.0 Å². The smallest absolute Gasteiger partial charge is 0.275 e. The van der Waals surface area contributed by atoms with E-state index in [1.54, 1.807) is 6.20 Å². The number of carbonyl (C=O) groups excluding carboxylic acids is 1. The minimum absolute atomic E-state index is 0.236. The van der Waals surface area contributed by atoms with Crippen LogP contribution in [0.5, 0.6) is 0 Å². The second-order valence-corrected chi connectivity index (χ2v) is 5.65. The Morgan fingerprint density at radius 2 is 2.11 bits per heavy atom. The zero-order valence-electron chi connectivity index (χ0n) is 11.3. The van der Waals surface area contributed by atoms with Crippen molar-refractivity contribution in [2.24, 2.45) is 0 Å². The first-order valence-corrected chi connectivity index (χ1v) is 6.53. The van der Waals surface area contributed by atoms with E-state index >= 15 is 0 Å². The first-order valence-electron chi connectivity index (χ1n) is 5.71. The van der Waals surface area contributed by atoms with Gasteiger partial charge >= 0.3 is 0 Å². The number of nitrogens with zero attached hydrogens (tertiary/aromatic N) is 4. The molecule has 100 valence electrons. The van der Waals surface area contributed by atoms with E-state index in [0.717, 1.165) is 9.88 Å². The molecule has 0 radical (unpaired) electrons. The van der Waals surface area contributed by atoms with Gasteiger partial charge in [-0.2, -0.15) is 0 Å². The van der Waals surface area contributed by atoms with Crippen LogP contribution in [-0.4, -0.2) is 35.0 Å². The first kappa shape index (κ1) is 13.4. The lowest BCUT2D eigenvalue weighted by atomic mass is 10.3. The molecule has 0 aliphatic heterocycles. The maximum Gasteiger partial charge on any atom is 0.275 e. The highest BCUT2D eigenvalue weighted by atomic mass is 32.1. The second-order valence-electron chi connectivity index (χ2n) is 4.25. The van der Waals surface area contributed by atoms with E-state index in [1.165, 1.54) is 17.7 Å². The van der Waals surface area contributed by atoms with E-state index in [9.17, 15) is 4.79 Å². The third kappa shape index (κ3) is 2.87. The predicted octanol–water partition coefficient (Wildman–Crippen LogP) is 1.87. The number of nitrogens with one attached hydrogen (secondary N) is 1. The molecular formula is C12H15N5OS. The molecule has 2 heterocycles. The van der Waals surface area contributed by atoms with Crippen molar-refractivity contribution in [3.63, 3.8) is 0 Å². The summed E-state index contributed by atoms with van der Waals surface area (Å²) in [5, 5.41) is 3.68. The summed E-state index contributed by atoms with van der Waals surface area (Å²) in [6.45, 7) is 3.76. The molecule has 2 aromatic rings. The fourth-order valence-electron chi connectivity index (χ4n) is 1.69. The topological polar surface area (TPSA) is 71.0 Å². The van der Waals surface area contributed by atoms with Gasteiger partial charge in [-0.1, -0.05) is 0 Å². The number of hydrogen-bond acceptors (Lipinski definition) is 6. The van der Waals surface area contributed by atoms with Crippen LogP contribution in [0.2, 0.25) is 0 Å². The fourth-order valence-corrected chi connectivity index (χ4v) is 2.50. The molecule has 19 heavy (non-hydrogen) atoms. The maximum atomic E-state index is 12.2. The van der Waals surface area contributed by atoms with Gasteiger partial charge in [0.25, 0.3) is 5.91 Å². The lowest BCUT2D eigenvalue weighted by Crippen LogP contribution is -2.18. The molecule has 0 unspecified atom stereocenters. The highest BCUT2D eigenvalue weighted by Gasteiger charge is 2.16. The van der Waals surface area contributed by atoms with Gasteiger partial charge < -0.3 is 10.2 Å². The van der Waals surface area contributed by atoms with Gasteiger partial charge in [-0.15, -0.1) is 11.3 Å². The maximum absolute atomic E-state index is 12.2. The van der Waals surface area contributed by atoms with Crippen molar-refractivity contribution in [2.45, 2.75) is 13.8 Å². The molecule has 0 atom stereocenters. The third-order valence-corrected chi connectivity index (χ3v) is 3.37. The number of hydrogen-bond donors (Lipinski definition) is 1. The summed E-state index contributed by atoms with van der Waals surface area (Å²) in [4.78, 5) is 27.2. The minimum Gasteiger partial charge on any atom is -0.361 e. The fraction of sp³-hybridized carbons (Fsp3) is 0.333. The molecule has 1 N–H and O–H groups in total. The van der Waals surface area contributed by atoms with Crippen LogP contribution in [0, 0.1) is 13.8 Å². The Kier molecular flexibility index (Phi) is 3.75. The van der Waals surface area contributed by atoms with Gasteiger partial charge in [-0.25, -0.2) is 15.0 Å². The number of amides is 1. The molecule has 2 rings (SSSR count). The summed E-state index contributed by atoms with van der Waals surface area (Å²) in [5.41, 5.74) is 1.03. The van der Waals surface area contributed by atoms with Crippen LogP contribution in [0.15, 0.2) is 12.5 Å². The van der Waals surface area contributed by atoms with E-state index in [2.05, 4.69) is 20.3 Å². The zero-order chi connectivity index (χ0) is 14.0. The normalized spacial score (nSPS) is 10.3. The van der Waals surface area contributed by atoms with Crippen LogP contribution in [0.1, 0.15) is 20.4 Å². The Labute approximate surface area is 115 Å². The molecule has 0 aromatic carbocycles. The van der Waals surface area contributed by atoms with E-state index in [1.807, 2.05) is 32.8 Å². The molecule has 0 fully saturated rings. The third-order valence-electron chi connectivity index (χ3n) is 2.48. The van der Waals surface area contributed by atoms with Gasteiger partial charge in [0.1, 0.15) is 17.7 Å². The lowest BCUT2D eigenvalue weighted by molar-refractivity contribution is 0.102. The highest BCUT2D eigenvalue weighted by Crippen LogP contribution is 2.22. The lowest BCUT2D eigenvalue weighted by Gasteiger charge is -2.15. The molecular weight excluding hydrogens is 262 g/mol. The van der Waals surface area contributed by atoms with Crippen molar-refractivity contribution < 1.29 is 4.79 Å². The Bertz CT molecular complexity index is 608. The number of aryl methyl sites for hydroxylation is 2. The van der Waals surface area contributed by atoms with Crippen LogP contribution in [0.3, 0.4) is 0 Å². The van der Waals surface area contributed by atoms with Crippen LogP contribution in [0.25, 0.3) is 0 Å². The first-order chi connectivity index (χ1) is 8.99. The van der Waals surface area contributed by atoms with Crippen LogP contribution in [-0.2, 0) is 0 Å². The number of aromatic nitrogens is 3. The zero-order valence-corrected chi connectivity index (χ0v) is 12.1. The van der Waals surface area contributed by atoms with Gasteiger partial charge in [-0.3, -0.25) is 4.79 Å². The average molecular weight is 277 g/mol. The van der Waals surface area contributed by atoms with Crippen LogP contribution < -0.4 is 10.2 Å². The number of carbonyl (C=O) groups is 1. The van der Waals surface area contributed by atoms with E-state index in [4.69, 9.17) is 0 Å². The van der Waals surface area contributed by atoms with E-state index in [-0.39, 0.29) is 5.91 Å². The largest absolute Gasteiger partial charge is 0.361 e. The Hall–Kier alpha value is -2.02. The molecule has 0 aliphatic carbocycles. The second kappa shape index (κ2) is 5.31. The van der Waals surface area contributed by atoms with Gasteiger partial charge in [0.05, 0.1) is 11.2 Å². The van der Waals surface area contributed by atoms with Crippen LogP contribution >= 0.6 is 11.3 Å². The summed E-state index contributed by atoms with van der Waals surface area (Å²) in [6.07, 6.45) is 3.03. The molecule has 6 nitrogen and oxygen atoms in total. The standard InChI is InChI=1S/C12H15N5OS/c1-7-10(15-8(2)19-7)12(18)16-9-5-13-6-14-11(9)17(3)4/h5-6H,1-4H3,(H,16,18). The summed E-state index contributed by atoms with van der Waals surface area (Å²) < 4.78 is 0. The van der Waals surface area contributed by atoms with Gasteiger partial charge in [-0.05, 0) is 13.8 Å². The molecule has 0 bridgehead atoms. The monoisotopic (exact) mass is 277 g/mol. The molecule has 2 aromatic heterocycles. The molecule has 0 saturated heterocycles. The molecule has 7 heteroatoms. The van der Waals surface area contributed by atoms with E-state index < -0.39 is 0 Å². The minimum atomic E-state index is -0.236. The van der Waals surface area contributed by atoms with Crippen molar-refractivity contribution in [3.8, 4) is 0 Å².